The maximum Gasteiger partial charge on any atom is 0.192 e. The van der Waals surface area contributed by atoms with Crippen molar-refractivity contribution in [2.45, 2.75) is 96.5 Å². The topological polar surface area (TPSA) is 53.1 Å². The van der Waals surface area contributed by atoms with E-state index in [-0.39, 0.29) is 10.6 Å². The Bertz CT molecular complexity index is 552. The molecule has 1 heterocycles. The van der Waals surface area contributed by atoms with Crippen LogP contribution in [0.3, 0.4) is 0 Å². The van der Waals surface area contributed by atoms with Gasteiger partial charge in [-0.3, -0.25) is 0 Å². The maximum atomic E-state index is 6.59. The van der Waals surface area contributed by atoms with E-state index in [0.717, 1.165) is 30.8 Å². The highest BCUT2D eigenvalue weighted by Gasteiger charge is 2.41. The van der Waals surface area contributed by atoms with Crippen molar-refractivity contribution in [3.05, 3.63) is 11.8 Å². The van der Waals surface area contributed by atoms with Crippen molar-refractivity contribution in [3.63, 3.8) is 0 Å². The van der Waals surface area contributed by atoms with Gasteiger partial charge in [-0.15, -0.1) is 0 Å². The fourth-order valence-electron chi connectivity index (χ4n) is 3.06. The van der Waals surface area contributed by atoms with E-state index in [0.29, 0.717) is 12.0 Å². The number of nitrogen functional groups attached to an aromatic ring is 1. The van der Waals surface area contributed by atoms with Gasteiger partial charge in [0.15, 0.2) is 8.32 Å². The van der Waals surface area contributed by atoms with Gasteiger partial charge in [0.1, 0.15) is 5.82 Å². The third-order valence-electron chi connectivity index (χ3n) is 5.46. The van der Waals surface area contributed by atoms with Gasteiger partial charge in [-0.05, 0) is 58.2 Å². The standard InChI is InChI=1S/C18H35N3OSi/c1-17(2,3)21-16(19)12-15(20-21)13-9-10-14(11-13)22-23(7,8)18(4,5)6/h12-14H,9-11,19H2,1-8H3/t13-,14?/m0/s1. The average molecular weight is 338 g/mol. The van der Waals surface area contributed by atoms with E-state index in [1.165, 1.54) is 0 Å². The Morgan fingerprint density at radius 3 is 2.26 bits per heavy atom. The zero-order valence-corrected chi connectivity index (χ0v) is 17.2. The van der Waals surface area contributed by atoms with Gasteiger partial charge in [-0.1, -0.05) is 20.8 Å². The summed E-state index contributed by atoms with van der Waals surface area (Å²) < 4.78 is 8.54. The molecule has 1 fully saturated rings. The van der Waals surface area contributed by atoms with Gasteiger partial charge in [0.2, 0.25) is 0 Å². The Labute approximate surface area is 142 Å². The second-order valence-corrected chi connectivity index (χ2v) is 14.3. The van der Waals surface area contributed by atoms with Crippen LogP contribution in [0.4, 0.5) is 5.82 Å². The number of anilines is 1. The van der Waals surface area contributed by atoms with Gasteiger partial charge in [0.05, 0.1) is 11.2 Å². The number of hydrogen-bond acceptors (Lipinski definition) is 3. The minimum Gasteiger partial charge on any atom is -0.414 e. The van der Waals surface area contributed by atoms with E-state index < -0.39 is 8.32 Å². The molecule has 1 unspecified atom stereocenters. The zero-order chi connectivity index (χ0) is 17.6. The monoisotopic (exact) mass is 337 g/mol. The molecule has 0 saturated heterocycles. The summed E-state index contributed by atoms with van der Waals surface area (Å²) >= 11 is 0. The molecule has 0 spiro atoms. The predicted molar refractivity (Wildman–Crippen MR) is 100 cm³/mol. The summed E-state index contributed by atoms with van der Waals surface area (Å²) in [6, 6.07) is 2.06. The average Bonchev–Trinajstić information content (AvgIpc) is 2.92. The van der Waals surface area contributed by atoms with Crippen LogP contribution < -0.4 is 5.73 Å². The lowest BCUT2D eigenvalue weighted by Gasteiger charge is -2.38. The molecule has 23 heavy (non-hydrogen) atoms. The van der Waals surface area contributed by atoms with E-state index in [1.807, 2.05) is 4.68 Å². The van der Waals surface area contributed by atoms with E-state index in [9.17, 15) is 0 Å². The first-order chi connectivity index (χ1) is 10.3. The van der Waals surface area contributed by atoms with Crippen LogP contribution in [0.5, 0.6) is 0 Å². The smallest absolute Gasteiger partial charge is 0.192 e. The third kappa shape index (κ3) is 3.99. The molecule has 0 bridgehead atoms. The van der Waals surface area contributed by atoms with E-state index in [4.69, 9.17) is 15.3 Å². The molecule has 1 aliphatic rings. The SMILES string of the molecule is CC(C)(C)n1nc([C@H]2CCC(O[Si](C)(C)C(C)(C)C)C2)cc1N. The molecular weight excluding hydrogens is 302 g/mol. The van der Waals surface area contributed by atoms with Crippen LogP contribution in [0.25, 0.3) is 0 Å². The molecule has 1 saturated carbocycles. The molecule has 0 radical (unpaired) electrons. The zero-order valence-electron chi connectivity index (χ0n) is 16.2. The lowest BCUT2D eigenvalue weighted by molar-refractivity contribution is 0.186. The summed E-state index contributed by atoms with van der Waals surface area (Å²) in [6.45, 7) is 18.0. The number of nitrogens with two attached hydrogens (primary N) is 1. The number of rotatable bonds is 3. The molecular formula is C18H35N3OSi. The molecule has 0 amide bonds. The predicted octanol–water partition coefficient (Wildman–Crippen LogP) is 4.88. The van der Waals surface area contributed by atoms with E-state index >= 15 is 0 Å². The lowest BCUT2D eigenvalue weighted by atomic mass is 10.0. The first kappa shape index (κ1) is 18.5. The first-order valence-electron chi connectivity index (χ1n) is 8.85. The molecule has 1 aromatic rings. The first-order valence-corrected chi connectivity index (χ1v) is 11.8. The summed E-state index contributed by atoms with van der Waals surface area (Å²) in [4.78, 5) is 0. The fraction of sp³-hybridized carbons (Fsp3) is 0.833. The van der Waals surface area contributed by atoms with Crippen LogP contribution in [0, 0.1) is 0 Å². The summed E-state index contributed by atoms with van der Waals surface area (Å²) in [6.07, 6.45) is 3.74. The van der Waals surface area contributed by atoms with Crippen LogP contribution in [0.15, 0.2) is 6.07 Å². The molecule has 2 rings (SSSR count). The number of nitrogens with zero attached hydrogens (tertiary/aromatic N) is 2. The van der Waals surface area contributed by atoms with Crippen LogP contribution in [-0.4, -0.2) is 24.2 Å². The number of aromatic nitrogens is 2. The molecule has 0 aliphatic heterocycles. The van der Waals surface area contributed by atoms with Crippen LogP contribution >= 0.6 is 0 Å². The van der Waals surface area contributed by atoms with Crippen LogP contribution in [-0.2, 0) is 9.96 Å². The van der Waals surface area contributed by atoms with E-state index in [1.54, 1.807) is 0 Å². The fourth-order valence-corrected chi connectivity index (χ4v) is 4.46. The Kier molecular flexibility index (Phi) is 4.77. The van der Waals surface area contributed by atoms with Crippen molar-refractivity contribution >= 4 is 14.1 Å². The second-order valence-electron chi connectivity index (χ2n) is 9.59. The summed E-state index contributed by atoms with van der Waals surface area (Å²) in [5, 5.41) is 5.06. The normalized spacial score (nSPS) is 23.5. The Morgan fingerprint density at radius 1 is 1.17 bits per heavy atom. The molecule has 0 aromatic carbocycles. The number of hydrogen-bond donors (Lipinski definition) is 1. The van der Waals surface area contributed by atoms with Gasteiger partial charge in [-0.25, -0.2) is 4.68 Å². The van der Waals surface area contributed by atoms with Crippen molar-refractivity contribution in [2.24, 2.45) is 0 Å². The Balaban J connectivity index is 2.07. The van der Waals surface area contributed by atoms with Gasteiger partial charge < -0.3 is 10.2 Å². The highest BCUT2D eigenvalue weighted by molar-refractivity contribution is 6.74. The van der Waals surface area contributed by atoms with Crippen molar-refractivity contribution in [2.75, 3.05) is 5.73 Å². The lowest BCUT2D eigenvalue weighted by Crippen LogP contribution is -2.43. The van der Waals surface area contributed by atoms with Gasteiger partial charge in [0, 0.05) is 18.1 Å². The van der Waals surface area contributed by atoms with Crippen molar-refractivity contribution in [3.8, 4) is 0 Å². The summed E-state index contributed by atoms with van der Waals surface area (Å²) in [7, 11) is -1.69. The highest BCUT2D eigenvalue weighted by atomic mass is 28.4. The van der Waals surface area contributed by atoms with Gasteiger partial charge >= 0.3 is 0 Å². The highest BCUT2D eigenvalue weighted by Crippen LogP contribution is 2.42. The minimum atomic E-state index is -1.69. The van der Waals surface area contributed by atoms with Crippen LogP contribution in [0.2, 0.25) is 18.1 Å². The quantitative estimate of drug-likeness (QED) is 0.800. The second kappa shape index (κ2) is 5.92. The summed E-state index contributed by atoms with van der Waals surface area (Å²) in [5.74, 6) is 1.25. The molecule has 2 atom stereocenters. The molecule has 4 nitrogen and oxygen atoms in total. The molecule has 5 heteroatoms. The minimum absolute atomic E-state index is 0.0714. The maximum absolute atomic E-state index is 6.59. The molecule has 2 N–H and O–H groups in total. The van der Waals surface area contributed by atoms with Crippen molar-refractivity contribution in [1.82, 2.24) is 9.78 Å². The Morgan fingerprint density at radius 2 is 1.78 bits per heavy atom. The third-order valence-corrected chi connectivity index (χ3v) is 10.00. The van der Waals surface area contributed by atoms with Crippen molar-refractivity contribution in [1.29, 1.82) is 0 Å². The molecule has 1 aromatic heterocycles. The summed E-state index contributed by atoms with van der Waals surface area (Å²) in [5.41, 5.74) is 7.23. The van der Waals surface area contributed by atoms with Gasteiger partial charge in [0.25, 0.3) is 0 Å². The largest absolute Gasteiger partial charge is 0.414 e. The molecule has 1 aliphatic carbocycles. The molecule has 132 valence electrons. The Hall–Kier alpha value is -0.813. The van der Waals surface area contributed by atoms with Crippen molar-refractivity contribution < 1.29 is 4.43 Å². The van der Waals surface area contributed by atoms with Crippen LogP contribution in [0.1, 0.15) is 72.4 Å². The van der Waals surface area contributed by atoms with Gasteiger partial charge in [-0.2, -0.15) is 5.10 Å². The van der Waals surface area contributed by atoms with E-state index in [2.05, 4.69) is 60.7 Å².